The van der Waals surface area contributed by atoms with E-state index in [1.54, 1.807) is 0 Å². The number of benzene rings is 1. The van der Waals surface area contributed by atoms with Crippen molar-refractivity contribution in [1.29, 1.82) is 5.26 Å². The molecule has 0 spiro atoms. The number of rotatable bonds is 8. The number of aliphatic hydroxyl groups excluding tert-OH is 1. The van der Waals surface area contributed by atoms with E-state index in [0.717, 1.165) is 24.8 Å². The number of hydrogen-bond donors (Lipinski definition) is 1. The smallest absolute Gasteiger partial charge is 0.0971 e. The van der Waals surface area contributed by atoms with Gasteiger partial charge in [-0.05, 0) is 12.0 Å². The lowest BCUT2D eigenvalue weighted by Crippen LogP contribution is -2.17. The average molecular weight is 245 g/mol. The van der Waals surface area contributed by atoms with Gasteiger partial charge < -0.3 is 5.11 Å². The standard InChI is InChI=1S/C16H23NO/c1-2-3-4-5-9-12-16(18)15(13-17)14-10-7-6-8-11-14/h6-8,10-11,15-16,18H,2-5,9,12H2,1H3. The van der Waals surface area contributed by atoms with Crippen molar-refractivity contribution < 1.29 is 5.11 Å². The summed E-state index contributed by atoms with van der Waals surface area (Å²) >= 11 is 0. The third kappa shape index (κ3) is 4.89. The van der Waals surface area contributed by atoms with Gasteiger partial charge in [-0.3, -0.25) is 0 Å². The van der Waals surface area contributed by atoms with Crippen LogP contribution in [0.3, 0.4) is 0 Å². The summed E-state index contributed by atoms with van der Waals surface area (Å²) in [6, 6.07) is 11.8. The Morgan fingerprint density at radius 3 is 2.39 bits per heavy atom. The van der Waals surface area contributed by atoms with E-state index in [1.165, 1.54) is 19.3 Å². The molecule has 2 heteroatoms. The molecule has 98 valence electrons. The fourth-order valence-corrected chi connectivity index (χ4v) is 2.17. The number of nitriles is 1. The van der Waals surface area contributed by atoms with Gasteiger partial charge in [0.2, 0.25) is 0 Å². The second-order valence-corrected chi connectivity index (χ2v) is 4.79. The van der Waals surface area contributed by atoms with Gasteiger partial charge in [0.25, 0.3) is 0 Å². The Labute approximate surface area is 110 Å². The first-order valence-corrected chi connectivity index (χ1v) is 6.92. The molecule has 0 aliphatic rings. The summed E-state index contributed by atoms with van der Waals surface area (Å²) in [6.07, 6.45) is 6.05. The van der Waals surface area contributed by atoms with Crippen LogP contribution >= 0.6 is 0 Å². The van der Waals surface area contributed by atoms with Gasteiger partial charge in [-0.25, -0.2) is 0 Å². The molecule has 2 atom stereocenters. The highest BCUT2D eigenvalue weighted by molar-refractivity contribution is 5.26. The van der Waals surface area contributed by atoms with Crippen LogP contribution in [0, 0.1) is 11.3 Å². The maximum Gasteiger partial charge on any atom is 0.0971 e. The molecule has 18 heavy (non-hydrogen) atoms. The molecule has 0 aromatic heterocycles. The predicted molar refractivity (Wildman–Crippen MR) is 74.2 cm³/mol. The minimum atomic E-state index is -0.543. The molecule has 1 N–H and O–H groups in total. The van der Waals surface area contributed by atoms with Gasteiger partial charge in [0, 0.05) is 0 Å². The third-order valence-corrected chi connectivity index (χ3v) is 3.29. The van der Waals surface area contributed by atoms with Crippen LogP contribution in [0.1, 0.15) is 56.9 Å². The Morgan fingerprint density at radius 1 is 1.11 bits per heavy atom. The van der Waals surface area contributed by atoms with Crippen molar-refractivity contribution in [3.05, 3.63) is 35.9 Å². The summed E-state index contributed by atoms with van der Waals surface area (Å²) in [5.41, 5.74) is 0.918. The summed E-state index contributed by atoms with van der Waals surface area (Å²) < 4.78 is 0. The first kappa shape index (κ1) is 14.7. The zero-order valence-corrected chi connectivity index (χ0v) is 11.2. The van der Waals surface area contributed by atoms with Crippen LogP contribution in [0.5, 0.6) is 0 Å². The number of hydrogen-bond acceptors (Lipinski definition) is 2. The summed E-state index contributed by atoms with van der Waals surface area (Å²) in [4.78, 5) is 0. The average Bonchev–Trinajstić information content (AvgIpc) is 2.40. The predicted octanol–water partition coefficient (Wildman–Crippen LogP) is 4.02. The Hall–Kier alpha value is -1.33. The van der Waals surface area contributed by atoms with E-state index < -0.39 is 12.0 Å². The van der Waals surface area contributed by atoms with Gasteiger partial charge in [-0.15, -0.1) is 0 Å². The fourth-order valence-electron chi connectivity index (χ4n) is 2.17. The zero-order chi connectivity index (χ0) is 13.2. The molecular weight excluding hydrogens is 222 g/mol. The quantitative estimate of drug-likeness (QED) is 0.703. The Kier molecular flexibility index (Phi) is 7.13. The van der Waals surface area contributed by atoms with Crippen LogP contribution in [-0.2, 0) is 0 Å². The molecule has 0 saturated carbocycles. The zero-order valence-electron chi connectivity index (χ0n) is 11.2. The summed E-state index contributed by atoms with van der Waals surface area (Å²) in [5, 5.41) is 19.3. The third-order valence-electron chi connectivity index (χ3n) is 3.29. The van der Waals surface area contributed by atoms with Crippen LogP contribution in [-0.4, -0.2) is 11.2 Å². The molecule has 0 aliphatic carbocycles. The van der Waals surface area contributed by atoms with Gasteiger partial charge >= 0.3 is 0 Å². The first-order valence-electron chi connectivity index (χ1n) is 6.92. The maximum atomic E-state index is 10.1. The van der Waals surface area contributed by atoms with Gasteiger partial charge in [0.05, 0.1) is 18.1 Å². The van der Waals surface area contributed by atoms with E-state index in [2.05, 4.69) is 13.0 Å². The van der Waals surface area contributed by atoms with E-state index in [0.29, 0.717) is 0 Å². The van der Waals surface area contributed by atoms with Crippen molar-refractivity contribution in [2.75, 3.05) is 0 Å². The molecule has 0 fully saturated rings. The van der Waals surface area contributed by atoms with Crippen LogP contribution in [0.2, 0.25) is 0 Å². The van der Waals surface area contributed by atoms with Gasteiger partial charge in [-0.1, -0.05) is 69.4 Å². The van der Waals surface area contributed by atoms with E-state index in [1.807, 2.05) is 30.3 Å². The van der Waals surface area contributed by atoms with Gasteiger partial charge in [0.1, 0.15) is 0 Å². The molecule has 2 nitrogen and oxygen atoms in total. The lowest BCUT2D eigenvalue weighted by Gasteiger charge is -2.16. The molecule has 0 aliphatic heterocycles. The van der Waals surface area contributed by atoms with Crippen LogP contribution in [0.4, 0.5) is 0 Å². The van der Waals surface area contributed by atoms with Crippen molar-refractivity contribution >= 4 is 0 Å². The highest BCUT2D eigenvalue weighted by atomic mass is 16.3. The molecule has 0 heterocycles. The largest absolute Gasteiger partial charge is 0.391 e. The summed E-state index contributed by atoms with van der Waals surface area (Å²) in [5.74, 6) is -0.391. The molecule has 1 rings (SSSR count). The van der Waals surface area contributed by atoms with Crippen molar-refractivity contribution in [3.63, 3.8) is 0 Å². The molecule has 0 radical (unpaired) electrons. The maximum absolute atomic E-state index is 10.1. The summed E-state index contributed by atoms with van der Waals surface area (Å²) in [7, 11) is 0. The summed E-state index contributed by atoms with van der Waals surface area (Å²) in [6.45, 7) is 2.19. The van der Waals surface area contributed by atoms with Crippen molar-refractivity contribution in [2.24, 2.45) is 0 Å². The molecular formula is C16H23NO. The van der Waals surface area contributed by atoms with E-state index in [9.17, 15) is 10.4 Å². The van der Waals surface area contributed by atoms with E-state index in [-0.39, 0.29) is 0 Å². The molecule has 1 aromatic carbocycles. The normalized spacial score (nSPS) is 13.8. The number of aliphatic hydroxyl groups is 1. The SMILES string of the molecule is CCCCCCCC(O)C(C#N)c1ccccc1. The Morgan fingerprint density at radius 2 is 1.78 bits per heavy atom. The van der Waals surface area contributed by atoms with Crippen molar-refractivity contribution in [3.8, 4) is 6.07 Å². The monoisotopic (exact) mass is 245 g/mol. The van der Waals surface area contributed by atoms with Crippen LogP contribution in [0.25, 0.3) is 0 Å². The minimum absolute atomic E-state index is 0.391. The number of unbranched alkanes of at least 4 members (excludes halogenated alkanes) is 4. The Balaban J connectivity index is 2.39. The molecule has 0 amide bonds. The first-order chi connectivity index (χ1) is 8.79. The highest BCUT2D eigenvalue weighted by Gasteiger charge is 2.19. The number of nitrogens with zero attached hydrogens (tertiary/aromatic N) is 1. The minimum Gasteiger partial charge on any atom is -0.391 e. The van der Waals surface area contributed by atoms with E-state index >= 15 is 0 Å². The van der Waals surface area contributed by atoms with Crippen molar-refractivity contribution in [2.45, 2.75) is 57.5 Å². The second-order valence-electron chi connectivity index (χ2n) is 4.79. The fraction of sp³-hybridized carbons (Fsp3) is 0.562. The Bertz CT molecular complexity index is 355. The molecule has 2 unspecified atom stereocenters. The highest BCUT2D eigenvalue weighted by Crippen LogP contribution is 2.22. The molecule has 0 bridgehead atoms. The van der Waals surface area contributed by atoms with Crippen LogP contribution in [0.15, 0.2) is 30.3 Å². The topological polar surface area (TPSA) is 44.0 Å². The second kappa shape index (κ2) is 8.72. The lowest BCUT2D eigenvalue weighted by atomic mass is 9.91. The van der Waals surface area contributed by atoms with Gasteiger partial charge in [-0.2, -0.15) is 5.26 Å². The lowest BCUT2D eigenvalue weighted by molar-refractivity contribution is 0.147. The van der Waals surface area contributed by atoms with Gasteiger partial charge in [0.15, 0.2) is 0 Å². The van der Waals surface area contributed by atoms with Crippen LogP contribution < -0.4 is 0 Å². The molecule has 1 aromatic rings. The molecule has 0 saturated heterocycles. The van der Waals surface area contributed by atoms with E-state index in [4.69, 9.17) is 0 Å². The van der Waals surface area contributed by atoms with Crippen molar-refractivity contribution in [1.82, 2.24) is 0 Å².